The van der Waals surface area contributed by atoms with Crippen molar-refractivity contribution in [2.24, 2.45) is 0 Å². The van der Waals surface area contributed by atoms with Gasteiger partial charge in [0.2, 0.25) is 5.91 Å². The monoisotopic (exact) mass is 392 g/mol. The molecule has 6 nitrogen and oxygen atoms in total. The summed E-state index contributed by atoms with van der Waals surface area (Å²) in [6, 6.07) is 15.1. The molecule has 1 aliphatic rings. The standard InChI is InChI=1S/C21H20N4O2S/c1-12-19(13(2)25(24-12)16-7-5-4-6-8-16)23-21(27)15-9-10-18-17(11-15)22-20(26)14(3)28-18/h4-11,14H,1-3H3,(H,22,26)(H,23,27). The average Bonchev–Trinajstić information content (AvgIpc) is 2.97. The number of aromatic nitrogens is 2. The maximum atomic E-state index is 12.8. The van der Waals surface area contributed by atoms with Crippen LogP contribution in [0, 0.1) is 13.8 Å². The molecule has 28 heavy (non-hydrogen) atoms. The molecule has 0 fully saturated rings. The fourth-order valence-electron chi connectivity index (χ4n) is 3.18. The second kappa shape index (κ2) is 7.16. The summed E-state index contributed by atoms with van der Waals surface area (Å²) in [6.07, 6.45) is 0. The number of nitrogens with one attached hydrogen (secondary N) is 2. The number of carbonyl (C=O) groups is 2. The molecule has 0 saturated carbocycles. The Bertz CT molecular complexity index is 1080. The molecule has 7 heteroatoms. The van der Waals surface area contributed by atoms with Gasteiger partial charge in [0.15, 0.2) is 0 Å². The van der Waals surface area contributed by atoms with E-state index < -0.39 is 0 Å². The van der Waals surface area contributed by atoms with Crippen LogP contribution < -0.4 is 10.6 Å². The smallest absolute Gasteiger partial charge is 0.255 e. The number of fused-ring (bicyclic) bond motifs is 1. The molecule has 142 valence electrons. The first-order valence-electron chi connectivity index (χ1n) is 8.98. The Morgan fingerprint density at radius 3 is 2.68 bits per heavy atom. The summed E-state index contributed by atoms with van der Waals surface area (Å²) in [7, 11) is 0. The first kappa shape index (κ1) is 18.3. The van der Waals surface area contributed by atoms with Crippen molar-refractivity contribution in [2.75, 3.05) is 10.6 Å². The molecule has 1 aliphatic heterocycles. The molecule has 1 atom stereocenters. The predicted molar refractivity (Wildman–Crippen MR) is 111 cm³/mol. The van der Waals surface area contributed by atoms with Gasteiger partial charge in [0, 0.05) is 10.5 Å². The van der Waals surface area contributed by atoms with Gasteiger partial charge in [0.1, 0.15) is 0 Å². The van der Waals surface area contributed by atoms with Gasteiger partial charge in [-0.2, -0.15) is 5.10 Å². The van der Waals surface area contributed by atoms with Crippen LogP contribution in [0.5, 0.6) is 0 Å². The quantitative estimate of drug-likeness (QED) is 0.701. The molecule has 0 bridgehead atoms. The molecular formula is C21H20N4O2S. The second-order valence-electron chi connectivity index (χ2n) is 6.71. The summed E-state index contributed by atoms with van der Waals surface area (Å²) in [5, 5.41) is 10.3. The van der Waals surface area contributed by atoms with Crippen LogP contribution in [-0.2, 0) is 4.79 Å². The van der Waals surface area contributed by atoms with E-state index in [9.17, 15) is 9.59 Å². The molecule has 1 unspecified atom stereocenters. The lowest BCUT2D eigenvalue weighted by atomic mass is 10.1. The van der Waals surface area contributed by atoms with Crippen LogP contribution in [0.15, 0.2) is 53.4 Å². The van der Waals surface area contributed by atoms with Crippen molar-refractivity contribution < 1.29 is 9.59 Å². The summed E-state index contributed by atoms with van der Waals surface area (Å²) in [6.45, 7) is 5.65. The van der Waals surface area contributed by atoms with Crippen LogP contribution in [0.1, 0.15) is 28.7 Å². The van der Waals surface area contributed by atoms with E-state index in [0.29, 0.717) is 16.9 Å². The summed E-state index contributed by atoms with van der Waals surface area (Å²) < 4.78 is 1.82. The Hall–Kier alpha value is -3.06. The molecule has 4 rings (SSSR count). The molecule has 2 heterocycles. The molecule has 2 aromatic carbocycles. The summed E-state index contributed by atoms with van der Waals surface area (Å²) in [5.74, 6) is -0.287. The van der Waals surface area contributed by atoms with E-state index in [4.69, 9.17) is 0 Å². The van der Waals surface area contributed by atoms with Crippen LogP contribution >= 0.6 is 11.8 Å². The fourth-order valence-corrected chi connectivity index (χ4v) is 4.11. The molecule has 0 saturated heterocycles. The number of para-hydroxylation sites is 1. The SMILES string of the molecule is Cc1nn(-c2ccccc2)c(C)c1NC(=O)c1ccc2c(c1)NC(=O)C(C)S2. The highest BCUT2D eigenvalue weighted by atomic mass is 32.2. The molecular weight excluding hydrogens is 372 g/mol. The molecule has 2 amide bonds. The largest absolute Gasteiger partial charge is 0.324 e. The van der Waals surface area contributed by atoms with E-state index in [2.05, 4.69) is 15.7 Å². The lowest BCUT2D eigenvalue weighted by Gasteiger charge is -2.21. The number of hydrogen-bond acceptors (Lipinski definition) is 4. The zero-order valence-electron chi connectivity index (χ0n) is 15.8. The minimum atomic E-state index is -0.237. The average molecular weight is 392 g/mol. The zero-order chi connectivity index (χ0) is 19.8. The van der Waals surface area contributed by atoms with Gasteiger partial charge in [0.25, 0.3) is 5.91 Å². The Balaban J connectivity index is 1.61. The third-order valence-corrected chi connectivity index (χ3v) is 5.88. The fraction of sp³-hybridized carbons (Fsp3) is 0.190. The van der Waals surface area contributed by atoms with Crippen molar-refractivity contribution in [1.29, 1.82) is 0 Å². The maximum Gasteiger partial charge on any atom is 0.255 e. The van der Waals surface area contributed by atoms with E-state index in [1.807, 2.05) is 61.9 Å². The Kier molecular flexibility index (Phi) is 4.68. The lowest BCUT2D eigenvalue weighted by molar-refractivity contribution is -0.115. The molecule has 1 aromatic heterocycles. The van der Waals surface area contributed by atoms with Crippen molar-refractivity contribution in [3.8, 4) is 5.69 Å². The number of anilines is 2. The van der Waals surface area contributed by atoms with Crippen LogP contribution in [0.3, 0.4) is 0 Å². The van der Waals surface area contributed by atoms with E-state index in [-0.39, 0.29) is 17.1 Å². The first-order chi connectivity index (χ1) is 13.4. The van der Waals surface area contributed by atoms with Crippen LogP contribution in [0.2, 0.25) is 0 Å². The van der Waals surface area contributed by atoms with Gasteiger partial charge < -0.3 is 10.6 Å². The van der Waals surface area contributed by atoms with E-state index >= 15 is 0 Å². The van der Waals surface area contributed by atoms with E-state index in [0.717, 1.165) is 22.0 Å². The van der Waals surface area contributed by atoms with Gasteiger partial charge in [0.05, 0.1) is 33.7 Å². The van der Waals surface area contributed by atoms with Crippen molar-refractivity contribution in [2.45, 2.75) is 30.9 Å². The third-order valence-electron chi connectivity index (χ3n) is 4.70. The Morgan fingerprint density at radius 2 is 1.93 bits per heavy atom. The molecule has 0 spiro atoms. The van der Waals surface area contributed by atoms with Gasteiger partial charge in [-0.15, -0.1) is 11.8 Å². The van der Waals surface area contributed by atoms with Crippen molar-refractivity contribution in [1.82, 2.24) is 9.78 Å². The highest BCUT2D eigenvalue weighted by molar-refractivity contribution is 8.00. The normalized spacial score (nSPS) is 15.7. The van der Waals surface area contributed by atoms with Crippen LogP contribution in [-0.4, -0.2) is 26.8 Å². The van der Waals surface area contributed by atoms with Crippen molar-refractivity contribution >= 4 is 35.0 Å². The zero-order valence-corrected chi connectivity index (χ0v) is 16.6. The van der Waals surface area contributed by atoms with E-state index in [1.165, 1.54) is 11.8 Å². The molecule has 3 aromatic rings. The molecule has 0 radical (unpaired) electrons. The predicted octanol–water partition coefficient (Wildman–Crippen LogP) is 4.17. The number of rotatable bonds is 3. The topological polar surface area (TPSA) is 76.0 Å². The van der Waals surface area contributed by atoms with Crippen LogP contribution in [0.4, 0.5) is 11.4 Å². The maximum absolute atomic E-state index is 12.8. The minimum absolute atomic E-state index is 0.0501. The second-order valence-corrected chi connectivity index (χ2v) is 8.09. The number of aryl methyl sites for hydroxylation is 1. The van der Waals surface area contributed by atoms with Crippen molar-refractivity contribution in [3.63, 3.8) is 0 Å². The van der Waals surface area contributed by atoms with Gasteiger partial charge in [-0.25, -0.2) is 4.68 Å². The van der Waals surface area contributed by atoms with Gasteiger partial charge in [-0.05, 0) is 51.1 Å². The highest BCUT2D eigenvalue weighted by Crippen LogP contribution is 2.36. The first-order valence-corrected chi connectivity index (χ1v) is 9.86. The number of benzene rings is 2. The summed E-state index contributed by atoms with van der Waals surface area (Å²) in [5.41, 5.74) is 4.39. The highest BCUT2D eigenvalue weighted by Gasteiger charge is 2.24. The van der Waals surface area contributed by atoms with Gasteiger partial charge >= 0.3 is 0 Å². The summed E-state index contributed by atoms with van der Waals surface area (Å²) >= 11 is 1.49. The Morgan fingerprint density at radius 1 is 1.18 bits per heavy atom. The van der Waals surface area contributed by atoms with Crippen LogP contribution in [0.25, 0.3) is 5.69 Å². The minimum Gasteiger partial charge on any atom is -0.324 e. The number of carbonyl (C=O) groups excluding carboxylic acids is 2. The van der Waals surface area contributed by atoms with Crippen molar-refractivity contribution in [3.05, 3.63) is 65.5 Å². The van der Waals surface area contributed by atoms with Gasteiger partial charge in [-0.3, -0.25) is 9.59 Å². The number of hydrogen-bond donors (Lipinski definition) is 2. The Labute approximate surface area is 167 Å². The number of nitrogens with zero attached hydrogens (tertiary/aromatic N) is 2. The molecule has 2 N–H and O–H groups in total. The third kappa shape index (κ3) is 3.29. The van der Waals surface area contributed by atoms with Gasteiger partial charge in [-0.1, -0.05) is 18.2 Å². The van der Waals surface area contributed by atoms with E-state index in [1.54, 1.807) is 12.1 Å². The number of thioether (sulfide) groups is 1. The lowest BCUT2D eigenvalue weighted by Crippen LogP contribution is -2.26. The molecule has 0 aliphatic carbocycles. The number of amides is 2. The summed E-state index contributed by atoms with van der Waals surface area (Å²) in [4.78, 5) is 25.7.